The zero-order valence-electron chi connectivity index (χ0n) is 8.44. The van der Waals surface area contributed by atoms with Gasteiger partial charge in [0.2, 0.25) is 0 Å². The number of rotatable bonds is 2. The molecule has 2 rings (SSSR count). The summed E-state index contributed by atoms with van der Waals surface area (Å²) in [6, 6.07) is 8.50. The minimum absolute atomic E-state index is 0.540. The van der Waals surface area contributed by atoms with Gasteiger partial charge in [-0.25, -0.2) is 0 Å². The van der Waals surface area contributed by atoms with Crippen LogP contribution >= 0.6 is 35.6 Å². The zero-order valence-corrected chi connectivity index (χ0v) is 10.8. The van der Waals surface area contributed by atoms with Crippen molar-refractivity contribution in [3.63, 3.8) is 0 Å². The summed E-state index contributed by atoms with van der Waals surface area (Å²) >= 11 is 12.9. The summed E-state index contributed by atoms with van der Waals surface area (Å²) in [6.45, 7) is 3.10. The lowest BCUT2D eigenvalue weighted by Gasteiger charge is -2.22. The average Bonchev–Trinajstić information content (AvgIpc) is 2.53. The van der Waals surface area contributed by atoms with Gasteiger partial charge >= 0.3 is 0 Å². The maximum absolute atomic E-state index is 5.84. The molecule has 80 valence electrons. The standard InChI is InChI=1S/C11H12ClNS2/c1-8-7-15-11(14)13(8)6-9-2-4-10(12)5-3-9/h2-5,8H,6-7H2,1H3. The number of thioether (sulfide) groups is 1. The predicted molar refractivity (Wildman–Crippen MR) is 71.5 cm³/mol. The third kappa shape index (κ3) is 2.65. The van der Waals surface area contributed by atoms with Gasteiger partial charge < -0.3 is 4.90 Å². The first-order valence-corrected chi connectivity index (χ1v) is 6.62. The Kier molecular flexibility index (Phi) is 3.54. The molecule has 1 atom stereocenters. The summed E-state index contributed by atoms with van der Waals surface area (Å²) in [5.41, 5.74) is 1.26. The number of benzene rings is 1. The van der Waals surface area contributed by atoms with E-state index in [1.54, 1.807) is 11.8 Å². The monoisotopic (exact) mass is 257 g/mol. The quantitative estimate of drug-likeness (QED) is 0.746. The summed E-state index contributed by atoms with van der Waals surface area (Å²) in [5.74, 6) is 1.10. The lowest BCUT2D eigenvalue weighted by Crippen LogP contribution is -2.29. The van der Waals surface area contributed by atoms with E-state index < -0.39 is 0 Å². The molecule has 1 unspecified atom stereocenters. The number of hydrogen-bond donors (Lipinski definition) is 0. The van der Waals surface area contributed by atoms with E-state index in [9.17, 15) is 0 Å². The largest absolute Gasteiger partial charge is 0.350 e. The fraction of sp³-hybridized carbons (Fsp3) is 0.364. The van der Waals surface area contributed by atoms with Gasteiger partial charge in [-0.05, 0) is 24.6 Å². The van der Waals surface area contributed by atoms with Gasteiger partial charge in [0.05, 0.1) is 0 Å². The highest BCUT2D eigenvalue weighted by Gasteiger charge is 2.24. The molecular weight excluding hydrogens is 246 g/mol. The van der Waals surface area contributed by atoms with E-state index in [0.717, 1.165) is 21.6 Å². The van der Waals surface area contributed by atoms with Crippen LogP contribution in [0.4, 0.5) is 0 Å². The van der Waals surface area contributed by atoms with E-state index in [1.165, 1.54) is 5.56 Å². The molecule has 0 N–H and O–H groups in total. The van der Waals surface area contributed by atoms with Crippen molar-refractivity contribution in [2.75, 3.05) is 5.75 Å². The van der Waals surface area contributed by atoms with Gasteiger partial charge in [0.25, 0.3) is 0 Å². The van der Waals surface area contributed by atoms with Gasteiger partial charge in [0.15, 0.2) is 0 Å². The van der Waals surface area contributed by atoms with Crippen LogP contribution in [0.15, 0.2) is 24.3 Å². The second-order valence-electron chi connectivity index (χ2n) is 3.68. The average molecular weight is 258 g/mol. The SMILES string of the molecule is CC1CSC(=S)N1Cc1ccc(Cl)cc1. The van der Waals surface area contributed by atoms with Gasteiger partial charge in [0.1, 0.15) is 4.32 Å². The molecule has 1 aromatic rings. The molecular formula is C11H12ClNS2. The molecule has 0 spiro atoms. The molecule has 1 aromatic carbocycles. The van der Waals surface area contributed by atoms with E-state index in [-0.39, 0.29) is 0 Å². The molecule has 1 fully saturated rings. The first-order chi connectivity index (χ1) is 7.16. The van der Waals surface area contributed by atoms with E-state index in [0.29, 0.717) is 6.04 Å². The summed E-state index contributed by atoms with van der Waals surface area (Å²) in [7, 11) is 0. The number of nitrogens with zero attached hydrogens (tertiary/aromatic N) is 1. The number of hydrogen-bond acceptors (Lipinski definition) is 2. The number of thiocarbonyl (C=S) groups is 1. The maximum Gasteiger partial charge on any atom is 0.137 e. The summed E-state index contributed by atoms with van der Waals surface area (Å²) in [4.78, 5) is 2.27. The van der Waals surface area contributed by atoms with Gasteiger partial charge in [0, 0.05) is 23.4 Å². The first-order valence-electron chi connectivity index (χ1n) is 4.84. The van der Waals surface area contributed by atoms with Crippen LogP contribution in [-0.2, 0) is 6.54 Å². The Balaban J connectivity index is 2.08. The molecule has 4 heteroatoms. The van der Waals surface area contributed by atoms with Crippen LogP contribution in [0.5, 0.6) is 0 Å². The molecule has 0 bridgehead atoms. The molecule has 0 radical (unpaired) electrons. The lowest BCUT2D eigenvalue weighted by molar-refractivity contribution is 0.369. The Labute approximate surface area is 105 Å². The third-order valence-electron chi connectivity index (χ3n) is 2.48. The van der Waals surface area contributed by atoms with Gasteiger partial charge in [-0.15, -0.1) is 0 Å². The van der Waals surface area contributed by atoms with Crippen molar-refractivity contribution >= 4 is 39.9 Å². The fourth-order valence-corrected chi connectivity index (χ4v) is 3.10. The normalized spacial score (nSPS) is 21.1. The van der Waals surface area contributed by atoms with Gasteiger partial charge in [-0.1, -0.05) is 47.7 Å². The van der Waals surface area contributed by atoms with E-state index in [2.05, 4.69) is 24.0 Å². The van der Waals surface area contributed by atoms with Crippen LogP contribution in [0.25, 0.3) is 0 Å². The molecule has 0 aromatic heterocycles. The Morgan fingerprint density at radius 1 is 1.47 bits per heavy atom. The molecule has 1 aliphatic heterocycles. The molecule has 0 aliphatic carbocycles. The Morgan fingerprint density at radius 2 is 2.13 bits per heavy atom. The molecule has 0 saturated carbocycles. The first kappa shape index (κ1) is 11.2. The van der Waals surface area contributed by atoms with Crippen molar-refractivity contribution < 1.29 is 0 Å². The van der Waals surface area contributed by atoms with Crippen molar-refractivity contribution in [1.82, 2.24) is 4.90 Å². The maximum atomic E-state index is 5.84. The Morgan fingerprint density at radius 3 is 2.67 bits per heavy atom. The van der Waals surface area contributed by atoms with Crippen LogP contribution in [-0.4, -0.2) is 21.0 Å². The summed E-state index contributed by atoms with van der Waals surface area (Å²) < 4.78 is 1.01. The molecule has 15 heavy (non-hydrogen) atoms. The molecule has 1 heterocycles. The van der Waals surface area contributed by atoms with E-state index in [1.807, 2.05) is 12.1 Å². The van der Waals surface area contributed by atoms with Crippen LogP contribution in [0.2, 0.25) is 5.02 Å². The third-order valence-corrected chi connectivity index (χ3v) is 4.45. The Hall–Kier alpha value is -0.250. The van der Waals surface area contributed by atoms with Crippen molar-refractivity contribution in [2.45, 2.75) is 19.5 Å². The van der Waals surface area contributed by atoms with Crippen molar-refractivity contribution in [1.29, 1.82) is 0 Å². The Bertz CT molecular complexity index is 363. The molecule has 0 amide bonds. The topological polar surface area (TPSA) is 3.24 Å². The fourth-order valence-electron chi connectivity index (χ4n) is 1.55. The highest BCUT2D eigenvalue weighted by atomic mass is 35.5. The van der Waals surface area contributed by atoms with Crippen molar-refractivity contribution in [3.05, 3.63) is 34.9 Å². The summed E-state index contributed by atoms with van der Waals surface area (Å²) in [5, 5.41) is 0.783. The smallest absolute Gasteiger partial charge is 0.137 e. The van der Waals surface area contributed by atoms with E-state index >= 15 is 0 Å². The summed E-state index contributed by atoms with van der Waals surface area (Å²) in [6.07, 6.45) is 0. The van der Waals surface area contributed by atoms with Crippen LogP contribution in [0.3, 0.4) is 0 Å². The zero-order chi connectivity index (χ0) is 10.8. The van der Waals surface area contributed by atoms with Crippen LogP contribution in [0, 0.1) is 0 Å². The highest BCUT2D eigenvalue weighted by molar-refractivity contribution is 8.23. The lowest BCUT2D eigenvalue weighted by atomic mass is 10.2. The van der Waals surface area contributed by atoms with Gasteiger partial charge in [-0.3, -0.25) is 0 Å². The minimum atomic E-state index is 0.540. The highest BCUT2D eigenvalue weighted by Crippen LogP contribution is 2.26. The molecule has 1 nitrogen and oxygen atoms in total. The number of halogens is 1. The molecule has 1 saturated heterocycles. The second kappa shape index (κ2) is 4.73. The van der Waals surface area contributed by atoms with Gasteiger partial charge in [-0.2, -0.15) is 0 Å². The van der Waals surface area contributed by atoms with Crippen LogP contribution in [0.1, 0.15) is 12.5 Å². The van der Waals surface area contributed by atoms with Crippen molar-refractivity contribution in [2.24, 2.45) is 0 Å². The van der Waals surface area contributed by atoms with Crippen LogP contribution < -0.4 is 0 Å². The van der Waals surface area contributed by atoms with Crippen molar-refractivity contribution in [3.8, 4) is 0 Å². The second-order valence-corrected chi connectivity index (χ2v) is 5.77. The van der Waals surface area contributed by atoms with E-state index in [4.69, 9.17) is 23.8 Å². The predicted octanol–water partition coefficient (Wildman–Crippen LogP) is 3.56. The molecule has 1 aliphatic rings. The minimum Gasteiger partial charge on any atom is -0.350 e.